The molecule has 0 spiro atoms. The summed E-state index contributed by atoms with van der Waals surface area (Å²) < 4.78 is 50.2. The lowest BCUT2D eigenvalue weighted by Crippen LogP contribution is -2.41. The zero-order valence-corrected chi connectivity index (χ0v) is 18.9. The number of alkyl halides is 3. The third kappa shape index (κ3) is 5.89. The van der Waals surface area contributed by atoms with E-state index in [4.69, 9.17) is 9.47 Å². The van der Waals surface area contributed by atoms with Gasteiger partial charge in [0.1, 0.15) is 11.7 Å². The molecule has 1 aliphatic heterocycles. The lowest BCUT2D eigenvalue weighted by atomic mass is 9.95. The standard InChI is InChI=1S/C23H26F3N3O5/c1-13(2)21(15-5-8-19-20(11-15)34-10-4-9-33-19)28-22(30)14(3)27-17-7-6-16(23(24,25)26)12-18(17)29(31)32/h5-8,11-14,21,27H,4,9-10H2,1-3H3,(H,28,30)/t14-,21?/m0/s1. The van der Waals surface area contributed by atoms with Crippen LogP contribution in [-0.2, 0) is 11.0 Å². The zero-order chi connectivity index (χ0) is 25.0. The molecule has 8 nitrogen and oxygen atoms in total. The van der Waals surface area contributed by atoms with Crippen molar-refractivity contribution in [3.63, 3.8) is 0 Å². The second kappa shape index (κ2) is 10.2. The Hall–Kier alpha value is -3.50. The van der Waals surface area contributed by atoms with Crippen LogP contribution in [-0.4, -0.2) is 30.1 Å². The molecule has 1 aliphatic rings. The molecular weight excluding hydrogens is 455 g/mol. The molecule has 2 N–H and O–H groups in total. The Balaban J connectivity index is 1.77. The quantitative estimate of drug-likeness (QED) is 0.422. The molecule has 2 aromatic rings. The highest BCUT2D eigenvalue weighted by atomic mass is 19.4. The number of nitro groups is 1. The first-order valence-corrected chi connectivity index (χ1v) is 10.8. The second-order valence-corrected chi connectivity index (χ2v) is 8.34. The van der Waals surface area contributed by atoms with Crippen molar-refractivity contribution in [1.29, 1.82) is 0 Å². The number of fused-ring (bicyclic) bond motifs is 1. The Morgan fingerprint density at radius 1 is 1.06 bits per heavy atom. The first kappa shape index (κ1) is 25.1. The summed E-state index contributed by atoms with van der Waals surface area (Å²) >= 11 is 0. The van der Waals surface area contributed by atoms with E-state index in [1.807, 2.05) is 26.0 Å². The van der Waals surface area contributed by atoms with Gasteiger partial charge in [0.15, 0.2) is 11.5 Å². The van der Waals surface area contributed by atoms with E-state index in [1.54, 1.807) is 6.07 Å². The molecule has 1 heterocycles. The average Bonchev–Trinajstić information content (AvgIpc) is 3.01. The van der Waals surface area contributed by atoms with Crippen LogP contribution in [0.1, 0.15) is 44.4 Å². The summed E-state index contributed by atoms with van der Waals surface area (Å²) in [6.07, 6.45) is -3.97. The van der Waals surface area contributed by atoms with Gasteiger partial charge in [0.05, 0.1) is 29.7 Å². The summed E-state index contributed by atoms with van der Waals surface area (Å²) in [4.78, 5) is 23.3. The molecule has 2 atom stereocenters. The van der Waals surface area contributed by atoms with E-state index in [-0.39, 0.29) is 11.6 Å². The molecule has 0 aromatic heterocycles. The highest BCUT2D eigenvalue weighted by Crippen LogP contribution is 2.36. The number of nitrogens with one attached hydrogen (secondary N) is 2. The SMILES string of the molecule is CC(C)C(NC(=O)[C@H](C)Nc1ccc(C(F)(F)F)cc1[N+](=O)[O-])c1ccc2c(c1)OCCCO2. The minimum absolute atomic E-state index is 0.0127. The molecule has 0 radical (unpaired) electrons. The van der Waals surface area contributed by atoms with Crippen LogP contribution in [0.2, 0.25) is 0 Å². The van der Waals surface area contributed by atoms with Gasteiger partial charge < -0.3 is 20.1 Å². The molecule has 0 fully saturated rings. The van der Waals surface area contributed by atoms with Gasteiger partial charge >= 0.3 is 6.18 Å². The summed E-state index contributed by atoms with van der Waals surface area (Å²) in [6, 6.07) is 6.19. The van der Waals surface area contributed by atoms with Crippen LogP contribution < -0.4 is 20.1 Å². The minimum Gasteiger partial charge on any atom is -0.490 e. The van der Waals surface area contributed by atoms with Crippen LogP contribution in [0, 0.1) is 16.0 Å². The number of rotatable bonds is 7. The number of ether oxygens (including phenoxy) is 2. The fraction of sp³-hybridized carbons (Fsp3) is 0.435. The topological polar surface area (TPSA) is 103 Å². The number of halogens is 3. The molecule has 184 valence electrons. The number of hydrogen-bond donors (Lipinski definition) is 2. The van der Waals surface area contributed by atoms with Gasteiger partial charge in [-0.3, -0.25) is 14.9 Å². The number of nitrogens with zero attached hydrogens (tertiary/aromatic N) is 1. The van der Waals surface area contributed by atoms with Crippen molar-refractivity contribution in [3.8, 4) is 11.5 Å². The number of benzene rings is 2. The maximum Gasteiger partial charge on any atom is 0.416 e. The third-order valence-electron chi connectivity index (χ3n) is 5.38. The molecule has 0 saturated heterocycles. The van der Waals surface area contributed by atoms with E-state index >= 15 is 0 Å². The number of amides is 1. The van der Waals surface area contributed by atoms with E-state index in [0.717, 1.165) is 24.1 Å². The van der Waals surface area contributed by atoms with Crippen molar-refractivity contribution < 1.29 is 32.4 Å². The molecule has 2 aromatic carbocycles. The summed E-state index contributed by atoms with van der Waals surface area (Å²) in [5.41, 5.74) is -1.30. The fourth-order valence-corrected chi connectivity index (χ4v) is 3.57. The van der Waals surface area contributed by atoms with Crippen LogP contribution in [0.3, 0.4) is 0 Å². The second-order valence-electron chi connectivity index (χ2n) is 8.34. The van der Waals surface area contributed by atoms with Crippen LogP contribution in [0.25, 0.3) is 0 Å². The lowest BCUT2D eigenvalue weighted by molar-refractivity contribution is -0.384. The maximum atomic E-state index is 12.9. The fourth-order valence-electron chi connectivity index (χ4n) is 3.57. The van der Waals surface area contributed by atoms with Crippen molar-refractivity contribution in [2.45, 2.75) is 45.5 Å². The van der Waals surface area contributed by atoms with Crippen LogP contribution >= 0.6 is 0 Å². The predicted octanol–water partition coefficient (Wildman–Crippen LogP) is 5.09. The molecule has 0 bridgehead atoms. The van der Waals surface area contributed by atoms with Gasteiger partial charge in [0.2, 0.25) is 5.91 Å². The molecule has 3 rings (SSSR count). The van der Waals surface area contributed by atoms with Crippen molar-refractivity contribution in [3.05, 3.63) is 57.6 Å². The van der Waals surface area contributed by atoms with E-state index < -0.39 is 40.3 Å². The number of carbonyl (C=O) groups is 1. The van der Waals surface area contributed by atoms with Crippen molar-refractivity contribution in [2.75, 3.05) is 18.5 Å². The molecular formula is C23H26F3N3O5. The summed E-state index contributed by atoms with van der Waals surface area (Å²) in [7, 11) is 0. The highest BCUT2D eigenvalue weighted by Gasteiger charge is 2.33. The molecule has 34 heavy (non-hydrogen) atoms. The zero-order valence-electron chi connectivity index (χ0n) is 18.9. The Morgan fingerprint density at radius 3 is 2.35 bits per heavy atom. The van der Waals surface area contributed by atoms with E-state index in [2.05, 4.69) is 10.6 Å². The minimum atomic E-state index is -4.72. The van der Waals surface area contributed by atoms with Gasteiger partial charge in [-0.25, -0.2) is 0 Å². The Morgan fingerprint density at radius 2 is 1.74 bits per heavy atom. The van der Waals surface area contributed by atoms with Crippen molar-refractivity contribution in [1.82, 2.24) is 5.32 Å². The van der Waals surface area contributed by atoms with Gasteiger partial charge in [-0.1, -0.05) is 19.9 Å². The van der Waals surface area contributed by atoms with Gasteiger partial charge in [-0.2, -0.15) is 13.2 Å². The predicted molar refractivity (Wildman–Crippen MR) is 119 cm³/mol. The molecule has 0 saturated carbocycles. The van der Waals surface area contributed by atoms with Crippen LogP contribution in [0.4, 0.5) is 24.5 Å². The number of hydrogen-bond acceptors (Lipinski definition) is 6. The Kier molecular flexibility index (Phi) is 7.53. The summed E-state index contributed by atoms with van der Waals surface area (Å²) in [6.45, 7) is 6.39. The Labute approximate surface area is 194 Å². The monoisotopic (exact) mass is 481 g/mol. The lowest BCUT2D eigenvalue weighted by Gasteiger charge is -2.26. The first-order chi connectivity index (χ1) is 16.0. The van der Waals surface area contributed by atoms with E-state index in [1.165, 1.54) is 6.92 Å². The van der Waals surface area contributed by atoms with E-state index in [9.17, 15) is 28.1 Å². The largest absolute Gasteiger partial charge is 0.490 e. The molecule has 1 amide bonds. The molecule has 0 aliphatic carbocycles. The number of carbonyl (C=O) groups excluding carboxylic acids is 1. The van der Waals surface area contributed by atoms with E-state index in [0.29, 0.717) is 30.8 Å². The smallest absolute Gasteiger partial charge is 0.416 e. The van der Waals surface area contributed by atoms with Gasteiger partial charge in [0.25, 0.3) is 5.69 Å². The van der Waals surface area contributed by atoms with Crippen LogP contribution in [0.15, 0.2) is 36.4 Å². The van der Waals surface area contributed by atoms with Crippen molar-refractivity contribution in [2.24, 2.45) is 5.92 Å². The summed E-state index contributed by atoms with van der Waals surface area (Å²) in [5.74, 6) is 0.725. The molecule has 11 heteroatoms. The van der Waals surface area contributed by atoms with Gasteiger partial charge in [-0.15, -0.1) is 0 Å². The van der Waals surface area contributed by atoms with Crippen LogP contribution in [0.5, 0.6) is 11.5 Å². The first-order valence-electron chi connectivity index (χ1n) is 10.8. The molecule has 1 unspecified atom stereocenters. The maximum absolute atomic E-state index is 12.9. The van der Waals surface area contributed by atoms with Gasteiger partial charge in [-0.05, 0) is 42.7 Å². The Bertz CT molecular complexity index is 1060. The van der Waals surface area contributed by atoms with Gasteiger partial charge in [0, 0.05) is 12.5 Å². The average molecular weight is 481 g/mol. The number of anilines is 1. The van der Waals surface area contributed by atoms with Crippen molar-refractivity contribution >= 4 is 17.3 Å². The third-order valence-corrected chi connectivity index (χ3v) is 5.38. The normalized spacial score (nSPS) is 15.3. The number of nitro benzene ring substituents is 1. The summed E-state index contributed by atoms with van der Waals surface area (Å²) in [5, 5.41) is 16.9. The highest BCUT2D eigenvalue weighted by molar-refractivity contribution is 5.85.